The SMILES string of the molecule is CC1CCC(N(C)C(=O)CSc2ncnc3c2cnn3-c2ccccc2)CC1. The number of nitrogens with zero attached hydrogens (tertiary/aromatic N) is 5. The van der Waals surface area contributed by atoms with E-state index in [1.807, 2.05) is 42.3 Å². The van der Waals surface area contributed by atoms with Crippen molar-refractivity contribution in [1.82, 2.24) is 24.6 Å². The summed E-state index contributed by atoms with van der Waals surface area (Å²) in [5.41, 5.74) is 1.71. The van der Waals surface area contributed by atoms with Crippen molar-refractivity contribution in [2.75, 3.05) is 12.8 Å². The molecule has 2 heterocycles. The fourth-order valence-electron chi connectivity index (χ4n) is 3.76. The Morgan fingerprint density at radius 1 is 1.18 bits per heavy atom. The molecule has 1 aliphatic carbocycles. The fraction of sp³-hybridized carbons (Fsp3) is 0.429. The van der Waals surface area contributed by atoms with Crippen molar-refractivity contribution in [3.05, 3.63) is 42.9 Å². The highest BCUT2D eigenvalue weighted by molar-refractivity contribution is 8.00. The molecule has 1 aliphatic rings. The first-order valence-electron chi connectivity index (χ1n) is 9.76. The van der Waals surface area contributed by atoms with Gasteiger partial charge < -0.3 is 4.90 Å². The summed E-state index contributed by atoms with van der Waals surface area (Å²) in [5, 5.41) is 6.15. The van der Waals surface area contributed by atoms with Crippen LogP contribution in [0.2, 0.25) is 0 Å². The summed E-state index contributed by atoms with van der Waals surface area (Å²) in [5.74, 6) is 1.32. The number of hydrogen-bond acceptors (Lipinski definition) is 5. The van der Waals surface area contributed by atoms with Crippen LogP contribution in [0.5, 0.6) is 0 Å². The number of aromatic nitrogens is 4. The standard InChI is InChI=1S/C21H25N5OS/c1-15-8-10-16(11-9-15)25(2)19(27)13-28-21-18-12-24-26(20(18)22-14-23-21)17-6-4-3-5-7-17/h3-7,12,14-16H,8-11,13H2,1-2H3. The highest BCUT2D eigenvalue weighted by atomic mass is 32.2. The number of para-hydroxylation sites is 1. The molecule has 0 radical (unpaired) electrons. The van der Waals surface area contributed by atoms with E-state index in [-0.39, 0.29) is 5.91 Å². The van der Waals surface area contributed by atoms with E-state index in [4.69, 9.17) is 0 Å². The van der Waals surface area contributed by atoms with Crippen LogP contribution in [0.3, 0.4) is 0 Å². The zero-order chi connectivity index (χ0) is 19.5. The van der Waals surface area contributed by atoms with Crippen LogP contribution in [0.4, 0.5) is 0 Å². The summed E-state index contributed by atoms with van der Waals surface area (Å²) < 4.78 is 1.80. The van der Waals surface area contributed by atoms with Gasteiger partial charge in [0.25, 0.3) is 0 Å². The number of carbonyl (C=O) groups is 1. The molecule has 3 aromatic rings. The molecule has 0 atom stereocenters. The molecule has 146 valence electrons. The Hall–Kier alpha value is -2.41. The zero-order valence-electron chi connectivity index (χ0n) is 16.3. The van der Waals surface area contributed by atoms with Gasteiger partial charge in [-0.3, -0.25) is 4.79 Å². The van der Waals surface area contributed by atoms with Crippen LogP contribution in [0.1, 0.15) is 32.6 Å². The lowest BCUT2D eigenvalue weighted by atomic mass is 9.87. The Morgan fingerprint density at radius 2 is 1.93 bits per heavy atom. The lowest BCUT2D eigenvalue weighted by molar-refractivity contribution is -0.129. The summed E-state index contributed by atoms with van der Waals surface area (Å²) in [6, 6.07) is 10.3. The lowest BCUT2D eigenvalue weighted by Crippen LogP contribution is -2.40. The van der Waals surface area contributed by atoms with Gasteiger partial charge >= 0.3 is 0 Å². The maximum Gasteiger partial charge on any atom is 0.232 e. The maximum absolute atomic E-state index is 12.7. The first-order valence-corrected chi connectivity index (χ1v) is 10.7. The summed E-state index contributed by atoms with van der Waals surface area (Å²) in [6.07, 6.45) is 7.95. The third kappa shape index (κ3) is 3.90. The van der Waals surface area contributed by atoms with Gasteiger partial charge in [-0.1, -0.05) is 36.9 Å². The minimum absolute atomic E-state index is 0.159. The third-order valence-electron chi connectivity index (χ3n) is 5.59. The van der Waals surface area contributed by atoms with Crippen molar-refractivity contribution >= 4 is 28.7 Å². The molecule has 7 heteroatoms. The van der Waals surface area contributed by atoms with Crippen LogP contribution < -0.4 is 0 Å². The quantitative estimate of drug-likeness (QED) is 0.484. The predicted molar refractivity (Wildman–Crippen MR) is 112 cm³/mol. The molecule has 0 bridgehead atoms. The number of fused-ring (bicyclic) bond motifs is 1. The minimum atomic E-state index is 0.159. The van der Waals surface area contributed by atoms with Crippen LogP contribution in [0.25, 0.3) is 16.7 Å². The summed E-state index contributed by atoms with van der Waals surface area (Å²) >= 11 is 1.46. The Labute approximate surface area is 169 Å². The summed E-state index contributed by atoms with van der Waals surface area (Å²) in [6.45, 7) is 2.30. The number of thioether (sulfide) groups is 1. The van der Waals surface area contributed by atoms with Crippen molar-refractivity contribution in [2.24, 2.45) is 5.92 Å². The van der Waals surface area contributed by atoms with Gasteiger partial charge in [-0.15, -0.1) is 0 Å². The molecular formula is C21H25N5OS. The number of carbonyl (C=O) groups excluding carboxylic acids is 1. The molecule has 0 spiro atoms. The average Bonchev–Trinajstić information content (AvgIpc) is 3.17. The monoisotopic (exact) mass is 395 g/mol. The van der Waals surface area contributed by atoms with Crippen LogP contribution in [0.15, 0.2) is 47.9 Å². The highest BCUT2D eigenvalue weighted by Crippen LogP contribution is 2.29. The molecular weight excluding hydrogens is 370 g/mol. The topological polar surface area (TPSA) is 63.9 Å². The molecule has 2 aromatic heterocycles. The largest absolute Gasteiger partial charge is 0.342 e. The third-order valence-corrected chi connectivity index (χ3v) is 6.58. The van der Waals surface area contributed by atoms with Crippen molar-refractivity contribution in [3.8, 4) is 5.69 Å². The van der Waals surface area contributed by atoms with Crippen molar-refractivity contribution in [1.29, 1.82) is 0 Å². The second-order valence-electron chi connectivity index (χ2n) is 7.52. The van der Waals surface area contributed by atoms with E-state index in [2.05, 4.69) is 22.0 Å². The molecule has 1 saturated carbocycles. The van der Waals surface area contributed by atoms with E-state index in [1.165, 1.54) is 24.6 Å². The van der Waals surface area contributed by atoms with Crippen molar-refractivity contribution in [2.45, 2.75) is 43.7 Å². The van der Waals surface area contributed by atoms with E-state index in [0.29, 0.717) is 11.8 Å². The predicted octanol–water partition coefficient (Wildman–Crippen LogP) is 3.94. The first kappa shape index (κ1) is 18.9. The molecule has 0 saturated heterocycles. The maximum atomic E-state index is 12.7. The molecule has 1 amide bonds. The summed E-state index contributed by atoms with van der Waals surface area (Å²) in [4.78, 5) is 23.4. The second kappa shape index (κ2) is 8.31. The Balaban J connectivity index is 1.46. The zero-order valence-corrected chi connectivity index (χ0v) is 17.1. The molecule has 28 heavy (non-hydrogen) atoms. The van der Waals surface area contributed by atoms with E-state index in [9.17, 15) is 4.79 Å². The van der Waals surface area contributed by atoms with Crippen LogP contribution in [0, 0.1) is 5.92 Å². The van der Waals surface area contributed by atoms with Gasteiger partial charge in [-0.25, -0.2) is 14.6 Å². The number of rotatable bonds is 5. The van der Waals surface area contributed by atoms with Crippen molar-refractivity contribution in [3.63, 3.8) is 0 Å². The molecule has 0 unspecified atom stereocenters. The van der Waals surface area contributed by atoms with Gasteiger partial charge in [0, 0.05) is 13.1 Å². The first-order chi connectivity index (χ1) is 13.6. The molecule has 4 rings (SSSR count). The van der Waals surface area contributed by atoms with E-state index in [0.717, 1.165) is 40.5 Å². The van der Waals surface area contributed by atoms with Crippen LogP contribution >= 0.6 is 11.8 Å². The van der Waals surface area contributed by atoms with Gasteiger partial charge in [-0.05, 0) is 43.7 Å². The molecule has 1 fully saturated rings. The molecule has 0 aliphatic heterocycles. The van der Waals surface area contributed by atoms with Gasteiger partial charge in [0.1, 0.15) is 11.4 Å². The van der Waals surface area contributed by atoms with E-state index in [1.54, 1.807) is 17.2 Å². The number of hydrogen-bond donors (Lipinski definition) is 0. The lowest BCUT2D eigenvalue weighted by Gasteiger charge is -2.33. The Morgan fingerprint density at radius 3 is 2.68 bits per heavy atom. The Kier molecular flexibility index (Phi) is 5.62. The van der Waals surface area contributed by atoms with E-state index < -0.39 is 0 Å². The normalized spacial score (nSPS) is 19.6. The number of benzene rings is 1. The van der Waals surface area contributed by atoms with Crippen molar-refractivity contribution < 1.29 is 4.79 Å². The van der Waals surface area contributed by atoms with Crippen LogP contribution in [-0.4, -0.2) is 49.4 Å². The smallest absolute Gasteiger partial charge is 0.232 e. The Bertz CT molecular complexity index is 950. The fourth-order valence-corrected chi connectivity index (χ4v) is 4.65. The molecule has 1 aromatic carbocycles. The number of amides is 1. The second-order valence-corrected chi connectivity index (χ2v) is 8.48. The highest BCUT2D eigenvalue weighted by Gasteiger charge is 2.25. The molecule has 0 N–H and O–H groups in total. The van der Waals surface area contributed by atoms with Gasteiger partial charge in [0.15, 0.2) is 5.65 Å². The van der Waals surface area contributed by atoms with Crippen LogP contribution in [-0.2, 0) is 4.79 Å². The van der Waals surface area contributed by atoms with E-state index >= 15 is 0 Å². The van der Waals surface area contributed by atoms with Gasteiger partial charge in [-0.2, -0.15) is 5.10 Å². The van der Waals surface area contributed by atoms with Gasteiger partial charge in [0.2, 0.25) is 5.91 Å². The minimum Gasteiger partial charge on any atom is -0.342 e. The average molecular weight is 396 g/mol. The molecule has 6 nitrogen and oxygen atoms in total. The van der Waals surface area contributed by atoms with Gasteiger partial charge in [0.05, 0.1) is 23.0 Å². The summed E-state index contributed by atoms with van der Waals surface area (Å²) in [7, 11) is 1.94.